The highest BCUT2D eigenvalue weighted by Gasteiger charge is 2.11. The predicted octanol–water partition coefficient (Wildman–Crippen LogP) is 4.01. The van der Waals surface area contributed by atoms with Crippen molar-refractivity contribution in [2.45, 2.75) is 6.54 Å². The summed E-state index contributed by atoms with van der Waals surface area (Å²) in [6, 6.07) is 20.8. The number of anilines is 1. The first-order chi connectivity index (χ1) is 14.2. The number of thiophene rings is 1. The van der Waals surface area contributed by atoms with Crippen molar-refractivity contribution in [3.8, 4) is 10.6 Å². The van der Waals surface area contributed by atoms with Gasteiger partial charge in [-0.25, -0.2) is 5.43 Å². The lowest BCUT2D eigenvalue weighted by molar-refractivity contribution is 0.0955. The van der Waals surface area contributed by atoms with E-state index >= 15 is 0 Å². The van der Waals surface area contributed by atoms with E-state index in [2.05, 4.69) is 22.7 Å². The van der Waals surface area contributed by atoms with Gasteiger partial charge in [0, 0.05) is 23.0 Å². The zero-order valence-electron chi connectivity index (χ0n) is 15.5. The highest BCUT2D eigenvalue weighted by Crippen LogP contribution is 2.26. The molecule has 0 radical (unpaired) electrons. The van der Waals surface area contributed by atoms with E-state index in [1.807, 2.05) is 46.6 Å². The minimum Gasteiger partial charge on any atom is -0.399 e. The number of nitrogens with zero attached hydrogens (tertiary/aromatic N) is 3. The van der Waals surface area contributed by atoms with E-state index in [-0.39, 0.29) is 5.91 Å². The zero-order chi connectivity index (χ0) is 20.1. The molecule has 0 fully saturated rings. The second-order valence-corrected chi connectivity index (χ2v) is 7.36. The summed E-state index contributed by atoms with van der Waals surface area (Å²) >= 11 is 1.61. The number of benzene rings is 2. The maximum atomic E-state index is 12.2. The maximum absolute atomic E-state index is 12.2. The summed E-state index contributed by atoms with van der Waals surface area (Å²) in [6.07, 6.45) is 3.56. The number of aromatic nitrogens is 2. The van der Waals surface area contributed by atoms with Crippen molar-refractivity contribution in [2.24, 2.45) is 5.10 Å². The Kier molecular flexibility index (Phi) is 5.49. The number of hydrogen-bond donors (Lipinski definition) is 2. The average molecular weight is 401 g/mol. The van der Waals surface area contributed by atoms with Crippen molar-refractivity contribution < 1.29 is 4.79 Å². The molecule has 0 unspecified atom stereocenters. The molecule has 2 heterocycles. The molecule has 0 aliphatic heterocycles. The van der Waals surface area contributed by atoms with Gasteiger partial charge >= 0.3 is 0 Å². The van der Waals surface area contributed by atoms with Crippen LogP contribution in [-0.2, 0) is 6.54 Å². The molecule has 29 heavy (non-hydrogen) atoms. The van der Waals surface area contributed by atoms with Gasteiger partial charge in [0.2, 0.25) is 0 Å². The Morgan fingerprint density at radius 1 is 1.10 bits per heavy atom. The molecule has 0 saturated carbocycles. The van der Waals surface area contributed by atoms with E-state index in [1.54, 1.807) is 41.8 Å². The van der Waals surface area contributed by atoms with Crippen molar-refractivity contribution in [1.82, 2.24) is 15.2 Å². The summed E-state index contributed by atoms with van der Waals surface area (Å²) in [5.74, 6) is -0.296. The molecule has 3 N–H and O–H groups in total. The summed E-state index contributed by atoms with van der Waals surface area (Å²) in [5.41, 5.74) is 12.1. The molecular formula is C22H19N5OS. The van der Waals surface area contributed by atoms with Gasteiger partial charge in [-0.1, -0.05) is 36.4 Å². The number of carbonyl (C=O) groups is 1. The third kappa shape index (κ3) is 4.59. The van der Waals surface area contributed by atoms with Crippen LogP contribution in [-0.4, -0.2) is 21.9 Å². The Balaban J connectivity index is 1.54. The average Bonchev–Trinajstić information content (AvgIpc) is 3.39. The smallest absolute Gasteiger partial charge is 0.271 e. The van der Waals surface area contributed by atoms with E-state index in [1.165, 1.54) is 0 Å². The topological polar surface area (TPSA) is 85.3 Å². The fourth-order valence-corrected chi connectivity index (χ4v) is 3.58. The molecule has 2 aromatic carbocycles. The second kappa shape index (κ2) is 8.53. The molecule has 4 rings (SSSR count). The highest BCUT2D eigenvalue weighted by molar-refractivity contribution is 7.13. The van der Waals surface area contributed by atoms with E-state index in [0.717, 1.165) is 21.7 Å². The molecule has 1 amide bonds. The normalized spacial score (nSPS) is 11.0. The van der Waals surface area contributed by atoms with Gasteiger partial charge in [-0.3, -0.25) is 9.48 Å². The van der Waals surface area contributed by atoms with Crippen molar-refractivity contribution in [3.05, 3.63) is 95.0 Å². The SMILES string of the molecule is Nc1ccc(C(=O)N/N=C\c2cn(Cc3ccccc3)nc2-c2cccs2)cc1. The van der Waals surface area contributed by atoms with E-state index < -0.39 is 0 Å². The fourth-order valence-electron chi connectivity index (χ4n) is 2.85. The van der Waals surface area contributed by atoms with E-state index in [4.69, 9.17) is 10.8 Å². The lowest BCUT2D eigenvalue weighted by Crippen LogP contribution is -2.17. The number of carbonyl (C=O) groups excluding carboxylic acids is 1. The number of rotatable bonds is 6. The Bertz CT molecular complexity index is 1120. The van der Waals surface area contributed by atoms with Gasteiger partial charge < -0.3 is 5.73 Å². The van der Waals surface area contributed by atoms with Crippen molar-refractivity contribution in [3.63, 3.8) is 0 Å². The number of amides is 1. The lowest BCUT2D eigenvalue weighted by atomic mass is 10.2. The molecule has 0 aliphatic carbocycles. The first kappa shape index (κ1) is 18.6. The molecule has 144 valence electrons. The van der Waals surface area contributed by atoms with Crippen LogP contribution in [0.4, 0.5) is 5.69 Å². The Morgan fingerprint density at radius 2 is 1.90 bits per heavy atom. The van der Waals surface area contributed by atoms with Crippen LogP contribution in [0, 0.1) is 0 Å². The number of hydrazone groups is 1. The first-order valence-corrected chi connectivity index (χ1v) is 9.91. The number of nitrogens with one attached hydrogen (secondary N) is 1. The standard InChI is InChI=1S/C22H19N5OS/c23-19-10-8-17(9-11-19)22(28)25-24-13-18-15-27(14-16-5-2-1-3-6-16)26-21(18)20-7-4-12-29-20/h1-13,15H,14,23H2,(H,25,28)/b24-13-. The van der Waals surface area contributed by atoms with E-state index in [0.29, 0.717) is 17.8 Å². The molecule has 0 saturated heterocycles. The van der Waals surface area contributed by atoms with Crippen LogP contribution in [0.15, 0.2) is 83.4 Å². The largest absolute Gasteiger partial charge is 0.399 e. The zero-order valence-corrected chi connectivity index (χ0v) is 16.3. The van der Waals surface area contributed by atoms with Gasteiger partial charge in [-0.2, -0.15) is 10.2 Å². The summed E-state index contributed by atoms with van der Waals surface area (Å²) in [4.78, 5) is 13.3. The van der Waals surface area contributed by atoms with Gasteiger partial charge in [-0.15, -0.1) is 11.3 Å². The Morgan fingerprint density at radius 3 is 2.62 bits per heavy atom. The van der Waals surface area contributed by atoms with Gasteiger partial charge in [0.05, 0.1) is 17.6 Å². The van der Waals surface area contributed by atoms with E-state index in [9.17, 15) is 4.79 Å². The molecule has 7 heteroatoms. The van der Waals surface area contributed by atoms with Crippen LogP contribution in [0.1, 0.15) is 21.5 Å². The molecule has 0 atom stereocenters. The van der Waals surface area contributed by atoms with Crippen LogP contribution in [0.2, 0.25) is 0 Å². The molecule has 0 aliphatic rings. The number of hydrogen-bond acceptors (Lipinski definition) is 5. The Hall–Kier alpha value is -3.71. The summed E-state index contributed by atoms with van der Waals surface area (Å²) in [7, 11) is 0. The number of nitrogens with two attached hydrogens (primary N) is 1. The first-order valence-electron chi connectivity index (χ1n) is 9.03. The fraction of sp³-hybridized carbons (Fsp3) is 0.0455. The second-order valence-electron chi connectivity index (χ2n) is 6.41. The maximum Gasteiger partial charge on any atom is 0.271 e. The molecule has 4 aromatic rings. The van der Waals surface area contributed by atoms with Crippen LogP contribution in [0.3, 0.4) is 0 Å². The summed E-state index contributed by atoms with van der Waals surface area (Å²) in [5, 5.41) is 10.9. The van der Waals surface area contributed by atoms with Crippen LogP contribution in [0.5, 0.6) is 0 Å². The summed E-state index contributed by atoms with van der Waals surface area (Å²) < 4.78 is 1.88. The third-order valence-corrected chi connectivity index (χ3v) is 5.15. The quantitative estimate of drug-likeness (QED) is 0.291. The Labute approximate surface area is 172 Å². The van der Waals surface area contributed by atoms with Gasteiger partial charge in [-0.05, 0) is 41.3 Å². The van der Waals surface area contributed by atoms with Gasteiger partial charge in [0.1, 0.15) is 5.69 Å². The van der Waals surface area contributed by atoms with Crippen LogP contribution in [0.25, 0.3) is 10.6 Å². The highest BCUT2D eigenvalue weighted by atomic mass is 32.1. The molecule has 0 bridgehead atoms. The number of nitrogen functional groups attached to an aromatic ring is 1. The monoisotopic (exact) mass is 401 g/mol. The molecular weight excluding hydrogens is 382 g/mol. The summed E-state index contributed by atoms with van der Waals surface area (Å²) in [6.45, 7) is 0.658. The lowest BCUT2D eigenvalue weighted by Gasteiger charge is -2.00. The minimum absolute atomic E-state index is 0.296. The van der Waals surface area contributed by atoms with Gasteiger partial charge in [0.15, 0.2) is 0 Å². The van der Waals surface area contributed by atoms with Gasteiger partial charge in [0.25, 0.3) is 5.91 Å². The molecule has 6 nitrogen and oxygen atoms in total. The predicted molar refractivity (Wildman–Crippen MR) is 117 cm³/mol. The molecule has 0 spiro atoms. The molecule has 2 aromatic heterocycles. The van der Waals surface area contributed by atoms with Crippen LogP contribution < -0.4 is 11.2 Å². The minimum atomic E-state index is -0.296. The van der Waals surface area contributed by atoms with Crippen molar-refractivity contribution in [1.29, 1.82) is 0 Å². The third-order valence-electron chi connectivity index (χ3n) is 4.27. The van der Waals surface area contributed by atoms with Crippen molar-refractivity contribution in [2.75, 3.05) is 5.73 Å². The van der Waals surface area contributed by atoms with Crippen LogP contribution >= 0.6 is 11.3 Å². The van der Waals surface area contributed by atoms with Crippen molar-refractivity contribution >= 4 is 29.1 Å².